The molecule has 0 aliphatic carbocycles. The number of halogens is 1. The summed E-state index contributed by atoms with van der Waals surface area (Å²) >= 11 is 3.52. The summed E-state index contributed by atoms with van der Waals surface area (Å²) in [5, 5.41) is 0. The molecule has 114 valence electrons. The van der Waals surface area contributed by atoms with Crippen LogP contribution in [0.1, 0.15) is 12.5 Å². The van der Waals surface area contributed by atoms with E-state index in [9.17, 15) is 4.79 Å². The summed E-state index contributed by atoms with van der Waals surface area (Å²) in [4.78, 5) is 14.2. The topological polar surface area (TPSA) is 29.5 Å². The maximum absolute atomic E-state index is 12.5. The molecule has 0 fully saturated rings. The molecule has 0 radical (unpaired) electrons. The SMILES string of the molecule is C=C(C)C(=O)N(Cc1ccccc1)c1ccc(OC)cc1Br. The lowest BCUT2D eigenvalue weighted by Gasteiger charge is -2.24. The fourth-order valence-electron chi connectivity index (χ4n) is 2.10. The summed E-state index contributed by atoms with van der Waals surface area (Å²) in [7, 11) is 1.61. The van der Waals surface area contributed by atoms with Gasteiger partial charge in [0.15, 0.2) is 0 Å². The molecule has 2 rings (SSSR count). The number of nitrogens with zero attached hydrogens (tertiary/aromatic N) is 1. The zero-order chi connectivity index (χ0) is 16.1. The van der Waals surface area contributed by atoms with E-state index in [2.05, 4.69) is 22.5 Å². The van der Waals surface area contributed by atoms with Gasteiger partial charge in [0.2, 0.25) is 0 Å². The van der Waals surface area contributed by atoms with Crippen molar-refractivity contribution in [3.63, 3.8) is 0 Å². The van der Waals surface area contributed by atoms with Crippen LogP contribution in [0.2, 0.25) is 0 Å². The van der Waals surface area contributed by atoms with Gasteiger partial charge in [-0.25, -0.2) is 0 Å². The van der Waals surface area contributed by atoms with Crippen LogP contribution in [0, 0.1) is 0 Å². The van der Waals surface area contributed by atoms with Gasteiger partial charge in [-0.2, -0.15) is 0 Å². The Morgan fingerprint density at radius 3 is 2.45 bits per heavy atom. The van der Waals surface area contributed by atoms with Crippen LogP contribution < -0.4 is 9.64 Å². The van der Waals surface area contributed by atoms with E-state index in [-0.39, 0.29) is 5.91 Å². The normalized spacial score (nSPS) is 10.1. The van der Waals surface area contributed by atoms with Crippen molar-refractivity contribution < 1.29 is 9.53 Å². The van der Waals surface area contributed by atoms with Crippen LogP contribution >= 0.6 is 15.9 Å². The molecular weight excluding hydrogens is 342 g/mol. The standard InChI is InChI=1S/C18H18BrNO2/c1-13(2)18(21)20(12-14-7-5-4-6-8-14)17-10-9-15(22-3)11-16(17)19/h4-11H,1,12H2,2-3H3. The average Bonchev–Trinajstić information content (AvgIpc) is 2.53. The molecule has 0 saturated heterocycles. The fourth-order valence-corrected chi connectivity index (χ4v) is 2.67. The van der Waals surface area contributed by atoms with Crippen LogP contribution in [0.4, 0.5) is 5.69 Å². The number of amides is 1. The molecule has 1 amide bonds. The van der Waals surface area contributed by atoms with E-state index < -0.39 is 0 Å². The number of methoxy groups -OCH3 is 1. The highest BCUT2D eigenvalue weighted by atomic mass is 79.9. The van der Waals surface area contributed by atoms with E-state index in [1.807, 2.05) is 48.5 Å². The predicted molar refractivity (Wildman–Crippen MR) is 93.1 cm³/mol. The minimum atomic E-state index is -0.102. The largest absolute Gasteiger partial charge is 0.497 e. The zero-order valence-electron chi connectivity index (χ0n) is 12.7. The predicted octanol–water partition coefficient (Wildman–Crippen LogP) is 4.57. The van der Waals surface area contributed by atoms with Crippen LogP contribution in [0.15, 0.2) is 65.2 Å². The molecule has 2 aromatic rings. The number of rotatable bonds is 5. The minimum absolute atomic E-state index is 0.102. The smallest absolute Gasteiger partial charge is 0.253 e. The highest BCUT2D eigenvalue weighted by molar-refractivity contribution is 9.10. The van der Waals surface area contributed by atoms with Crippen molar-refractivity contribution in [2.24, 2.45) is 0 Å². The fraction of sp³-hybridized carbons (Fsp3) is 0.167. The molecule has 0 bridgehead atoms. The van der Waals surface area contributed by atoms with Crippen molar-refractivity contribution in [2.45, 2.75) is 13.5 Å². The number of carbonyl (C=O) groups excluding carboxylic acids is 1. The average molecular weight is 360 g/mol. The van der Waals surface area contributed by atoms with E-state index in [0.29, 0.717) is 12.1 Å². The summed E-state index contributed by atoms with van der Waals surface area (Å²) in [5.74, 6) is 0.632. The highest BCUT2D eigenvalue weighted by Crippen LogP contribution is 2.32. The van der Waals surface area contributed by atoms with E-state index >= 15 is 0 Å². The maximum Gasteiger partial charge on any atom is 0.253 e. The number of carbonyl (C=O) groups is 1. The molecular formula is C18H18BrNO2. The molecule has 22 heavy (non-hydrogen) atoms. The molecule has 3 nitrogen and oxygen atoms in total. The van der Waals surface area contributed by atoms with E-state index in [4.69, 9.17) is 4.74 Å². The first kappa shape index (κ1) is 16.3. The molecule has 0 N–H and O–H groups in total. The summed E-state index contributed by atoms with van der Waals surface area (Å²) in [6.45, 7) is 5.98. The van der Waals surface area contributed by atoms with Crippen LogP contribution in [0.3, 0.4) is 0 Å². The van der Waals surface area contributed by atoms with Crippen LogP contribution in [0.5, 0.6) is 5.75 Å². The van der Waals surface area contributed by atoms with Crippen molar-refractivity contribution in [3.8, 4) is 5.75 Å². The Labute approximate surface area is 139 Å². The van der Waals surface area contributed by atoms with Gasteiger partial charge in [0.05, 0.1) is 19.3 Å². The number of benzene rings is 2. The third-order valence-electron chi connectivity index (χ3n) is 3.24. The summed E-state index contributed by atoms with van der Waals surface area (Å²) in [6, 6.07) is 15.4. The van der Waals surface area contributed by atoms with Gasteiger partial charge in [-0.15, -0.1) is 0 Å². The van der Waals surface area contributed by atoms with Crippen LogP contribution in [0.25, 0.3) is 0 Å². The zero-order valence-corrected chi connectivity index (χ0v) is 14.3. The first-order valence-electron chi connectivity index (χ1n) is 6.87. The minimum Gasteiger partial charge on any atom is -0.497 e. The van der Waals surface area contributed by atoms with Gasteiger partial charge in [0.1, 0.15) is 5.75 Å². The molecule has 0 aliphatic heterocycles. The number of anilines is 1. The molecule has 2 aromatic carbocycles. The molecule has 0 unspecified atom stereocenters. The Hall–Kier alpha value is -2.07. The lowest BCUT2D eigenvalue weighted by molar-refractivity contribution is -0.115. The van der Waals surface area contributed by atoms with Gasteiger partial charge in [0, 0.05) is 10.0 Å². The third-order valence-corrected chi connectivity index (χ3v) is 3.87. The highest BCUT2D eigenvalue weighted by Gasteiger charge is 2.19. The second-order valence-corrected chi connectivity index (χ2v) is 5.83. The lowest BCUT2D eigenvalue weighted by Crippen LogP contribution is -2.31. The number of ether oxygens (including phenoxy) is 1. The molecule has 0 saturated carbocycles. The maximum atomic E-state index is 12.5. The third kappa shape index (κ3) is 3.77. The van der Waals surface area contributed by atoms with Gasteiger partial charge in [-0.1, -0.05) is 36.9 Å². The number of hydrogen-bond donors (Lipinski definition) is 0. The monoisotopic (exact) mass is 359 g/mol. The summed E-state index contributed by atoms with van der Waals surface area (Å²) in [5.41, 5.74) is 2.34. The Bertz CT molecular complexity index is 683. The number of hydrogen-bond acceptors (Lipinski definition) is 2. The van der Waals surface area contributed by atoms with Gasteiger partial charge in [0.25, 0.3) is 5.91 Å². The van der Waals surface area contributed by atoms with Gasteiger partial charge < -0.3 is 9.64 Å². The summed E-state index contributed by atoms with van der Waals surface area (Å²) < 4.78 is 6.01. The van der Waals surface area contributed by atoms with E-state index in [0.717, 1.165) is 21.5 Å². The molecule has 0 heterocycles. The van der Waals surface area contributed by atoms with Crippen molar-refractivity contribution in [1.82, 2.24) is 0 Å². The Kier molecular flexibility index (Phi) is 5.39. The molecule has 4 heteroatoms. The molecule has 0 aliphatic rings. The van der Waals surface area contributed by atoms with Crippen molar-refractivity contribution >= 4 is 27.5 Å². The molecule has 0 spiro atoms. The first-order valence-corrected chi connectivity index (χ1v) is 7.67. The summed E-state index contributed by atoms with van der Waals surface area (Å²) in [6.07, 6.45) is 0. The Morgan fingerprint density at radius 1 is 1.23 bits per heavy atom. The van der Waals surface area contributed by atoms with Crippen molar-refractivity contribution in [3.05, 3.63) is 70.7 Å². The Morgan fingerprint density at radius 2 is 1.91 bits per heavy atom. The van der Waals surface area contributed by atoms with E-state index in [1.165, 1.54) is 0 Å². The van der Waals surface area contributed by atoms with Gasteiger partial charge in [-0.05, 0) is 46.6 Å². The van der Waals surface area contributed by atoms with Crippen LogP contribution in [-0.4, -0.2) is 13.0 Å². The van der Waals surface area contributed by atoms with Crippen molar-refractivity contribution in [1.29, 1.82) is 0 Å². The molecule has 0 aromatic heterocycles. The quantitative estimate of drug-likeness (QED) is 0.732. The van der Waals surface area contributed by atoms with Gasteiger partial charge in [-0.3, -0.25) is 4.79 Å². The second-order valence-electron chi connectivity index (χ2n) is 4.97. The van der Waals surface area contributed by atoms with E-state index in [1.54, 1.807) is 18.9 Å². The second kappa shape index (κ2) is 7.27. The van der Waals surface area contributed by atoms with Gasteiger partial charge >= 0.3 is 0 Å². The molecule has 0 atom stereocenters. The first-order chi connectivity index (χ1) is 10.5. The van der Waals surface area contributed by atoms with Crippen LogP contribution in [-0.2, 0) is 11.3 Å². The lowest BCUT2D eigenvalue weighted by atomic mass is 10.1. The Balaban J connectivity index is 2.40. The van der Waals surface area contributed by atoms with Crippen molar-refractivity contribution in [2.75, 3.05) is 12.0 Å².